The van der Waals surface area contributed by atoms with Crippen molar-refractivity contribution in [2.75, 3.05) is 0 Å². The number of fused-ring (bicyclic) bond motifs is 1. The number of benzene rings is 2. The molecule has 0 heterocycles. The number of rotatable bonds is 5. The molecule has 0 aliphatic heterocycles. The second-order valence-electron chi connectivity index (χ2n) is 8.65. The molecule has 0 spiro atoms. The van der Waals surface area contributed by atoms with Crippen molar-refractivity contribution in [3.63, 3.8) is 0 Å². The number of nitrogens with one attached hydrogen (secondary N) is 1. The first-order valence-corrected chi connectivity index (χ1v) is 9.93. The zero-order valence-corrected chi connectivity index (χ0v) is 17.1. The van der Waals surface area contributed by atoms with Gasteiger partial charge in [-0.3, -0.25) is 4.79 Å². The van der Waals surface area contributed by atoms with E-state index in [4.69, 9.17) is 4.74 Å². The molecule has 1 aliphatic carbocycles. The van der Waals surface area contributed by atoms with Gasteiger partial charge in [0, 0.05) is 0 Å². The standard InChI is InChI=1S/C24H31NO2/c1-16(19-10-9-18-7-6-8-20(18)15-19)25-23(26)17(2)27-22-13-11-21(12-14-22)24(3,4)5/h9-17H,6-8H2,1-5H3,(H,25,26)/t16-,17+/m0/s1. The lowest BCUT2D eigenvalue weighted by Gasteiger charge is -2.21. The molecular weight excluding hydrogens is 334 g/mol. The van der Waals surface area contributed by atoms with E-state index in [0.29, 0.717) is 0 Å². The van der Waals surface area contributed by atoms with Gasteiger partial charge in [-0.25, -0.2) is 0 Å². The zero-order chi connectivity index (χ0) is 19.6. The van der Waals surface area contributed by atoms with Crippen LogP contribution < -0.4 is 10.1 Å². The quantitative estimate of drug-likeness (QED) is 0.799. The highest BCUT2D eigenvalue weighted by Crippen LogP contribution is 2.26. The Hall–Kier alpha value is -2.29. The van der Waals surface area contributed by atoms with Crippen molar-refractivity contribution in [2.24, 2.45) is 0 Å². The molecule has 3 heteroatoms. The molecule has 1 N–H and O–H groups in total. The lowest BCUT2D eigenvalue weighted by atomic mass is 9.87. The van der Waals surface area contributed by atoms with E-state index in [0.717, 1.165) is 17.7 Å². The van der Waals surface area contributed by atoms with Gasteiger partial charge in [0.15, 0.2) is 6.10 Å². The van der Waals surface area contributed by atoms with Crippen LogP contribution in [-0.2, 0) is 23.1 Å². The number of carbonyl (C=O) groups excluding carboxylic acids is 1. The summed E-state index contributed by atoms with van der Waals surface area (Å²) in [6.07, 6.45) is 3.02. The summed E-state index contributed by atoms with van der Waals surface area (Å²) in [5.74, 6) is 0.624. The number of aryl methyl sites for hydroxylation is 2. The average molecular weight is 366 g/mol. The maximum Gasteiger partial charge on any atom is 0.261 e. The van der Waals surface area contributed by atoms with Crippen LogP contribution in [0.25, 0.3) is 0 Å². The average Bonchev–Trinajstić information content (AvgIpc) is 3.09. The second-order valence-corrected chi connectivity index (χ2v) is 8.65. The van der Waals surface area contributed by atoms with Gasteiger partial charge in [0.05, 0.1) is 6.04 Å². The minimum absolute atomic E-state index is 0.0299. The van der Waals surface area contributed by atoms with Crippen LogP contribution in [-0.4, -0.2) is 12.0 Å². The van der Waals surface area contributed by atoms with Gasteiger partial charge in [0.25, 0.3) is 5.91 Å². The van der Waals surface area contributed by atoms with Crippen LogP contribution in [0.4, 0.5) is 0 Å². The molecule has 3 nitrogen and oxygen atoms in total. The fourth-order valence-corrected chi connectivity index (χ4v) is 3.57. The van der Waals surface area contributed by atoms with Crippen LogP contribution in [0.5, 0.6) is 5.75 Å². The van der Waals surface area contributed by atoms with E-state index in [2.05, 4.69) is 56.4 Å². The molecule has 2 aromatic carbocycles. The van der Waals surface area contributed by atoms with Gasteiger partial charge in [0.1, 0.15) is 5.75 Å². The molecule has 3 rings (SSSR count). The van der Waals surface area contributed by atoms with E-state index < -0.39 is 6.10 Å². The third-order valence-corrected chi connectivity index (χ3v) is 5.38. The van der Waals surface area contributed by atoms with E-state index in [1.54, 1.807) is 6.92 Å². The molecule has 1 amide bonds. The normalized spacial score (nSPS) is 15.7. The van der Waals surface area contributed by atoms with Crippen molar-refractivity contribution < 1.29 is 9.53 Å². The first-order valence-electron chi connectivity index (χ1n) is 9.93. The smallest absolute Gasteiger partial charge is 0.261 e. The van der Waals surface area contributed by atoms with Gasteiger partial charge in [0.2, 0.25) is 0 Å². The third kappa shape index (κ3) is 4.71. The molecule has 0 saturated carbocycles. The number of hydrogen-bond acceptors (Lipinski definition) is 2. The molecule has 0 unspecified atom stereocenters. The van der Waals surface area contributed by atoms with Crippen LogP contribution >= 0.6 is 0 Å². The fraction of sp³-hybridized carbons (Fsp3) is 0.458. The van der Waals surface area contributed by atoms with Gasteiger partial charge in [-0.1, -0.05) is 51.1 Å². The Morgan fingerprint density at radius 3 is 2.33 bits per heavy atom. The van der Waals surface area contributed by atoms with Crippen LogP contribution in [0.3, 0.4) is 0 Å². The first kappa shape index (κ1) is 19.5. The Balaban J connectivity index is 1.58. The molecule has 1 aliphatic rings. The van der Waals surface area contributed by atoms with Crippen molar-refractivity contribution >= 4 is 5.91 Å². The van der Waals surface area contributed by atoms with Gasteiger partial charge in [-0.15, -0.1) is 0 Å². The van der Waals surface area contributed by atoms with Crippen molar-refractivity contribution in [2.45, 2.75) is 71.4 Å². The highest BCUT2D eigenvalue weighted by atomic mass is 16.5. The summed E-state index contributed by atoms with van der Waals surface area (Å²) in [5.41, 5.74) is 5.39. The highest BCUT2D eigenvalue weighted by Gasteiger charge is 2.20. The summed E-state index contributed by atoms with van der Waals surface area (Å²) in [6, 6.07) is 14.5. The van der Waals surface area contributed by atoms with Crippen LogP contribution in [0, 0.1) is 0 Å². The Morgan fingerprint density at radius 1 is 1.00 bits per heavy atom. The number of carbonyl (C=O) groups is 1. The molecule has 2 atom stereocenters. The molecule has 27 heavy (non-hydrogen) atoms. The molecule has 144 valence electrons. The molecular formula is C24H31NO2. The largest absolute Gasteiger partial charge is 0.481 e. The summed E-state index contributed by atoms with van der Waals surface area (Å²) in [5, 5.41) is 3.08. The summed E-state index contributed by atoms with van der Waals surface area (Å²) < 4.78 is 5.84. The molecule has 0 saturated heterocycles. The summed E-state index contributed by atoms with van der Waals surface area (Å²) in [6.45, 7) is 10.4. The number of hydrogen-bond donors (Lipinski definition) is 1. The van der Waals surface area contributed by atoms with Gasteiger partial charge < -0.3 is 10.1 Å². The second kappa shape index (κ2) is 7.75. The number of ether oxygens (including phenoxy) is 1. The maximum absolute atomic E-state index is 12.6. The number of amides is 1. The summed E-state index contributed by atoms with van der Waals surface area (Å²) in [4.78, 5) is 12.6. The SMILES string of the molecule is C[C@H](NC(=O)[C@@H](C)Oc1ccc(C(C)(C)C)cc1)c1ccc2c(c1)CCC2. The van der Waals surface area contributed by atoms with E-state index in [1.165, 1.54) is 29.5 Å². The van der Waals surface area contributed by atoms with E-state index >= 15 is 0 Å². The van der Waals surface area contributed by atoms with Crippen molar-refractivity contribution in [1.82, 2.24) is 5.32 Å². The monoisotopic (exact) mass is 365 g/mol. The van der Waals surface area contributed by atoms with Crippen LogP contribution in [0.2, 0.25) is 0 Å². The maximum atomic E-state index is 12.6. The lowest BCUT2D eigenvalue weighted by Crippen LogP contribution is -2.37. The molecule has 0 bridgehead atoms. The predicted octanol–water partition coefficient (Wildman–Crippen LogP) is 5.12. The minimum Gasteiger partial charge on any atom is -0.481 e. The van der Waals surface area contributed by atoms with E-state index in [9.17, 15) is 4.79 Å². The van der Waals surface area contributed by atoms with Gasteiger partial charge >= 0.3 is 0 Å². The molecule has 2 aromatic rings. The highest BCUT2D eigenvalue weighted by molar-refractivity contribution is 5.81. The third-order valence-electron chi connectivity index (χ3n) is 5.38. The van der Waals surface area contributed by atoms with Crippen LogP contribution in [0.1, 0.15) is 69.3 Å². The summed E-state index contributed by atoms with van der Waals surface area (Å²) in [7, 11) is 0. The predicted molar refractivity (Wildman–Crippen MR) is 110 cm³/mol. The first-order chi connectivity index (χ1) is 12.7. The molecule has 0 radical (unpaired) electrons. The zero-order valence-electron chi connectivity index (χ0n) is 17.1. The Bertz CT molecular complexity index is 802. The Morgan fingerprint density at radius 2 is 1.67 bits per heavy atom. The van der Waals surface area contributed by atoms with Crippen molar-refractivity contribution in [3.8, 4) is 5.75 Å². The van der Waals surface area contributed by atoms with Gasteiger partial charge in [-0.05, 0) is 72.9 Å². The van der Waals surface area contributed by atoms with Crippen molar-refractivity contribution in [3.05, 3.63) is 64.7 Å². The fourth-order valence-electron chi connectivity index (χ4n) is 3.57. The summed E-state index contributed by atoms with van der Waals surface area (Å²) >= 11 is 0. The minimum atomic E-state index is -0.539. The lowest BCUT2D eigenvalue weighted by molar-refractivity contribution is -0.127. The molecule has 0 fully saturated rings. The Kier molecular flexibility index (Phi) is 5.59. The van der Waals surface area contributed by atoms with Gasteiger partial charge in [-0.2, -0.15) is 0 Å². The Labute approximate surface area is 163 Å². The van der Waals surface area contributed by atoms with E-state index in [1.807, 2.05) is 19.1 Å². The van der Waals surface area contributed by atoms with Crippen LogP contribution in [0.15, 0.2) is 42.5 Å². The topological polar surface area (TPSA) is 38.3 Å². The van der Waals surface area contributed by atoms with E-state index in [-0.39, 0.29) is 17.4 Å². The molecule has 0 aromatic heterocycles. The van der Waals surface area contributed by atoms with Crippen molar-refractivity contribution in [1.29, 1.82) is 0 Å².